The topological polar surface area (TPSA) is 50.2 Å². The second kappa shape index (κ2) is 6.58. The molecule has 0 saturated heterocycles. The van der Waals surface area contributed by atoms with Gasteiger partial charge in [-0.05, 0) is 12.8 Å². The Morgan fingerprint density at radius 3 is 2.73 bits per heavy atom. The number of thioether (sulfide) groups is 1. The molecule has 15 heavy (non-hydrogen) atoms. The monoisotopic (exact) mass is 285 g/mol. The zero-order valence-electron chi connectivity index (χ0n) is 7.70. The molecule has 0 atom stereocenters. The van der Waals surface area contributed by atoms with E-state index in [1.807, 2.05) is 0 Å². The molecule has 0 amide bonds. The molecule has 0 aliphatic carbocycles. The second-order valence-electron chi connectivity index (χ2n) is 2.74. The first kappa shape index (κ1) is 13.1. The fourth-order valence-electron chi connectivity index (χ4n) is 0.865. The SMILES string of the molecule is O=C(O)CCCCSc1nc(Cl)c(Cl)s1. The van der Waals surface area contributed by atoms with Crippen LogP contribution in [0.3, 0.4) is 0 Å². The van der Waals surface area contributed by atoms with Gasteiger partial charge in [0.2, 0.25) is 0 Å². The first-order chi connectivity index (χ1) is 7.09. The van der Waals surface area contributed by atoms with Crippen molar-refractivity contribution in [2.45, 2.75) is 23.6 Å². The molecule has 0 spiro atoms. The summed E-state index contributed by atoms with van der Waals surface area (Å²) in [5, 5.41) is 8.76. The van der Waals surface area contributed by atoms with Crippen LogP contribution >= 0.6 is 46.3 Å². The molecule has 0 unspecified atom stereocenters. The van der Waals surface area contributed by atoms with E-state index < -0.39 is 5.97 Å². The van der Waals surface area contributed by atoms with E-state index in [4.69, 9.17) is 28.3 Å². The van der Waals surface area contributed by atoms with Crippen molar-refractivity contribution in [3.05, 3.63) is 9.49 Å². The molecule has 7 heteroatoms. The van der Waals surface area contributed by atoms with Crippen LogP contribution in [0.2, 0.25) is 9.49 Å². The summed E-state index contributed by atoms with van der Waals surface area (Å²) >= 11 is 14.3. The highest BCUT2D eigenvalue weighted by molar-refractivity contribution is 8.01. The van der Waals surface area contributed by atoms with Crippen LogP contribution in [-0.4, -0.2) is 21.8 Å². The van der Waals surface area contributed by atoms with Gasteiger partial charge in [0.25, 0.3) is 0 Å². The number of hydrogen-bond donors (Lipinski definition) is 1. The number of carboxylic acids is 1. The summed E-state index contributed by atoms with van der Waals surface area (Å²) < 4.78 is 1.34. The number of aromatic nitrogens is 1. The largest absolute Gasteiger partial charge is 0.481 e. The molecule has 0 fully saturated rings. The molecule has 0 radical (unpaired) electrons. The number of carboxylic acid groups (broad SMARTS) is 1. The van der Waals surface area contributed by atoms with Gasteiger partial charge in [0, 0.05) is 12.2 Å². The number of aliphatic carboxylic acids is 1. The smallest absolute Gasteiger partial charge is 0.303 e. The predicted octanol–water partition coefficient (Wildman–Crippen LogP) is 3.80. The van der Waals surface area contributed by atoms with Gasteiger partial charge >= 0.3 is 5.97 Å². The van der Waals surface area contributed by atoms with E-state index in [9.17, 15) is 4.79 Å². The van der Waals surface area contributed by atoms with E-state index >= 15 is 0 Å². The maximum Gasteiger partial charge on any atom is 0.303 e. The normalized spacial score (nSPS) is 10.5. The van der Waals surface area contributed by atoms with Crippen molar-refractivity contribution in [1.29, 1.82) is 0 Å². The minimum atomic E-state index is -0.750. The van der Waals surface area contributed by atoms with Gasteiger partial charge in [-0.2, -0.15) is 0 Å². The van der Waals surface area contributed by atoms with Crippen molar-refractivity contribution in [3.63, 3.8) is 0 Å². The molecule has 1 aromatic heterocycles. The Morgan fingerprint density at radius 2 is 2.20 bits per heavy atom. The minimum absolute atomic E-state index is 0.222. The Hall–Kier alpha value is 0.0300. The summed E-state index contributed by atoms with van der Waals surface area (Å²) in [6.07, 6.45) is 1.76. The molecule has 84 valence electrons. The molecule has 0 saturated carbocycles. The third-order valence-corrected chi connectivity index (χ3v) is 4.50. The lowest BCUT2D eigenvalue weighted by atomic mass is 10.3. The second-order valence-corrected chi connectivity index (χ2v) is 6.04. The molecule has 0 aliphatic heterocycles. The highest BCUT2D eigenvalue weighted by Crippen LogP contribution is 2.34. The fourth-order valence-corrected chi connectivity index (χ4v) is 3.40. The Labute approximate surface area is 106 Å². The predicted molar refractivity (Wildman–Crippen MR) is 64.3 cm³/mol. The van der Waals surface area contributed by atoms with Gasteiger partial charge in [-0.15, -0.1) is 0 Å². The van der Waals surface area contributed by atoms with Crippen LogP contribution in [0.25, 0.3) is 0 Å². The van der Waals surface area contributed by atoms with Gasteiger partial charge < -0.3 is 5.11 Å². The Balaban J connectivity index is 2.18. The lowest BCUT2D eigenvalue weighted by molar-refractivity contribution is -0.137. The van der Waals surface area contributed by atoms with Crippen molar-refractivity contribution in [2.75, 3.05) is 5.75 Å². The lowest BCUT2D eigenvalue weighted by Crippen LogP contribution is -1.94. The number of halogens is 2. The van der Waals surface area contributed by atoms with Gasteiger partial charge in [-0.1, -0.05) is 46.3 Å². The van der Waals surface area contributed by atoms with Crippen LogP contribution in [0.5, 0.6) is 0 Å². The average Bonchev–Trinajstić information content (AvgIpc) is 2.45. The molecule has 1 N–H and O–H groups in total. The summed E-state index contributed by atoms with van der Waals surface area (Å²) in [6, 6.07) is 0. The van der Waals surface area contributed by atoms with Crippen molar-refractivity contribution >= 4 is 52.3 Å². The van der Waals surface area contributed by atoms with Crippen molar-refractivity contribution in [1.82, 2.24) is 4.98 Å². The van der Waals surface area contributed by atoms with Gasteiger partial charge in [-0.25, -0.2) is 4.98 Å². The van der Waals surface area contributed by atoms with Gasteiger partial charge in [0.05, 0.1) is 0 Å². The number of hydrogen-bond acceptors (Lipinski definition) is 4. The van der Waals surface area contributed by atoms with Crippen molar-refractivity contribution in [3.8, 4) is 0 Å². The first-order valence-corrected chi connectivity index (χ1v) is 6.82. The third-order valence-electron chi connectivity index (χ3n) is 1.54. The molecule has 3 nitrogen and oxygen atoms in total. The average molecular weight is 286 g/mol. The lowest BCUT2D eigenvalue weighted by Gasteiger charge is -1.95. The van der Waals surface area contributed by atoms with Crippen LogP contribution in [0, 0.1) is 0 Å². The summed E-state index contributed by atoms with van der Waals surface area (Å²) in [6.45, 7) is 0. The number of unbranched alkanes of at least 4 members (excludes halogenated alkanes) is 1. The molecular weight excluding hydrogens is 277 g/mol. The zero-order valence-corrected chi connectivity index (χ0v) is 10.8. The maximum absolute atomic E-state index is 10.2. The molecule has 0 aliphatic rings. The number of carbonyl (C=O) groups is 1. The number of thiazole rings is 1. The summed E-state index contributed by atoms with van der Waals surface area (Å²) in [5.41, 5.74) is 0. The van der Waals surface area contributed by atoms with Crippen molar-refractivity contribution in [2.24, 2.45) is 0 Å². The van der Waals surface area contributed by atoms with Crippen LogP contribution in [0.4, 0.5) is 0 Å². The van der Waals surface area contributed by atoms with Gasteiger partial charge in [0.1, 0.15) is 4.34 Å². The van der Waals surface area contributed by atoms with E-state index in [1.165, 1.54) is 11.3 Å². The van der Waals surface area contributed by atoms with E-state index in [0.717, 1.165) is 16.5 Å². The Bertz CT molecular complexity index is 324. The van der Waals surface area contributed by atoms with E-state index in [2.05, 4.69) is 4.98 Å². The molecule has 1 aromatic rings. The molecular formula is C8H9Cl2NO2S2. The first-order valence-electron chi connectivity index (χ1n) is 4.26. The van der Waals surface area contributed by atoms with Crippen molar-refractivity contribution < 1.29 is 9.90 Å². The highest BCUT2D eigenvalue weighted by Gasteiger charge is 2.06. The minimum Gasteiger partial charge on any atom is -0.481 e. The maximum atomic E-state index is 10.2. The fraction of sp³-hybridized carbons (Fsp3) is 0.500. The zero-order chi connectivity index (χ0) is 11.3. The number of nitrogens with zero attached hydrogens (tertiary/aromatic N) is 1. The Morgan fingerprint density at radius 1 is 1.47 bits per heavy atom. The highest BCUT2D eigenvalue weighted by atomic mass is 35.5. The van der Waals surface area contributed by atoms with Crippen LogP contribution in [0.1, 0.15) is 19.3 Å². The quantitative estimate of drug-likeness (QED) is 0.638. The summed E-state index contributed by atoms with van der Waals surface area (Å²) in [4.78, 5) is 14.3. The standard InChI is InChI=1S/C8H9Cl2NO2S2/c9-6-7(10)15-8(11-6)14-4-2-1-3-5(12)13/h1-4H2,(H,12,13). The summed E-state index contributed by atoms with van der Waals surface area (Å²) in [7, 11) is 0. The molecule has 1 rings (SSSR count). The van der Waals surface area contributed by atoms with E-state index in [0.29, 0.717) is 15.9 Å². The third kappa shape index (κ3) is 5.06. The molecule has 0 aromatic carbocycles. The van der Waals surface area contributed by atoms with Crippen LogP contribution in [0.15, 0.2) is 4.34 Å². The molecule has 1 heterocycles. The van der Waals surface area contributed by atoms with Crippen LogP contribution in [-0.2, 0) is 4.79 Å². The Kier molecular flexibility index (Phi) is 5.74. The van der Waals surface area contributed by atoms with Gasteiger partial charge in [0.15, 0.2) is 9.49 Å². The molecule has 0 bridgehead atoms. The van der Waals surface area contributed by atoms with E-state index in [1.54, 1.807) is 11.8 Å². The summed E-state index contributed by atoms with van der Waals surface area (Å²) in [5.74, 6) is 0.0910. The van der Waals surface area contributed by atoms with Crippen LogP contribution < -0.4 is 0 Å². The number of rotatable bonds is 6. The van der Waals surface area contributed by atoms with E-state index in [-0.39, 0.29) is 6.42 Å². The van der Waals surface area contributed by atoms with Gasteiger partial charge in [-0.3, -0.25) is 4.79 Å².